The van der Waals surface area contributed by atoms with E-state index in [2.05, 4.69) is 55.6 Å². The van der Waals surface area contributed by atoms with Crippen molar-refractivity contribution in [3.8, 4) is 0 Å². The summed E-state index contributed by atoms with van der Waals surface area (Å²) < 4.78 is 5.85. The molecule has 0 spiro atoms. The highest BCUT2D eigenvalue weighted by molar-refractivity contribution is 5.82. The minimum Gasteiger partial charge on any atom is -0.458 e. The van der Waals surface area contributed by atoms with Crippen LogP contribution in [0, 0.1) is 23.2 Å². The van der Waals surface area contributed by atoms with E-state index in [4.69, 9.17) is 4.74 Å². The van der Waals surface area contributed by atoms with Crippen molar-refractivity contribution in [1.29, 1.82) is 0 Å². The van der Waals surface area contributed by atoms with E-state index < -0.39 is 30.1 Å². The van der Waals surface area contributed by atoms with Crippen molar-refractivity contribution in [2.24, 2.45) is 23.2 Å². The summed E-state index contributed by atoms with van der Waals surface area (Å²) in [5.74, 6) is -0.935. The largest absolute Gasteiger partial charge is 0.458 e. The molecule has 0 fully saturated rings. The minimum absolute atomic E-state index is 0.0191. The number of ether oxygens (including phenoxy) is 1. The molecule has 7 atom stereocenters. The number of aliphatic hydroxyl groups is 1. The molecule has 0 aromatic heterocycles. The molecule has 2 aliphatic rings. The Kier molecular flexibility index (Phi) is 10.5. The average Bonchev–Trinajstić information content (AvgIpc) is 2.79. The Balaban J connectivity index is 2.43. The third-order valence-electron chi connectivity index (χ3n) is 7.15. The van der Waals surface area contributed by atoms with Crippen molar-refractivity contribution in [2.75, 3.05) is 0 Å². The average molecular weight is 482 g/mol. The van der Waals surface area contributed by atoms with Crippen molar-refractivity contribution >= 4 is 11.9 Å². The normalized spacial score (nSPS) is 30.4. The lowest BCUT2D eigenvalue weighted by atomic mass is 9.69. The zero-order valence-electron chi connectivity index (χ0n) is 22.3. The highest BCUT2D eigenvalue weighted by Gasteiger charge is 2.34. The molecule has 0 unspecified atom stereocenters. The van der Waals surface area contributed by atoms with Crippen molar-refractivity contribution in [2.45, 2.75) is 79.6 Å². The van der Waals surface area contributed by atoms with E-state index in [-0.39, 0.29) is 23.2 Å². The highest BCUT2D eigenvalue weighted by Crippen LogP contribution is 2.40. The number of cyclic esters (lactones) is 1. The van der Waals surface area contributed by atoms with Crippen LogP contribution in [0.3, 0.4) is 0 Å². The Bertz CT molecular complexity index is 938. The summed E-state index contributed by atoms with van der Waals surface area (Å²) >= 11 is 0. The number of nitrogens with one attached hydrogen (secondary N) is 1. The van der Waals surface area contributed by atoms with Crippen LogP contribution in [0.2, 0.25) is 0 Å². The van der Waals surface area contributed by atoms with Gasteiger partial charge < -0.3 is 15.2 Å². The molecule has 1 heterocycles. The third-order valence-corrected chi connectivity index (χ3v) is 7.15. The number of allylic oxidation sites excluding steroid dienone is 10. The van der Waals surface area contributed by atoms with E-state index >= 15 is 0 Å². The fraction of sp³-hybridized carbons (Fsp3) is 0.533. The van der Waals surface area contributed by atoms with Gasteiger partial charge in [-0.25, -0.2) is 4.79 Å². The minimum atomic E-state index is -0.876. The molecule has 0 saturated carbocycles. The zero-order valence-corrected chi connectivity index (χ0v) is 22.3. The molecule has 1 aliphatic carbocycles. The van der Waals surface area contributed by atoms with Crippen LogP contribution in [0.15, 0.2) is 71.9 Å². The maximum atomic E-state index is 12.7. The Labute approximate surface area is 211 Å². The number of hydrogen-bond donors (Lipinski definition) is 2. The molecular weight excluding hydrogens is 438 g/mol. The maximum absolute atomic E-state index is 12.7. The van der Waals surface area contributed by atoms with Gasteiger partial charge in [-0.15, -0.1) is 0 Å². The maximum Gasteiger partial charge on any atom is 0.331 e. The van der Waals surface area contributed by atoms with Crippen LogP contribution in [0.5, 0.6) is 0 Å². The molecule has 192 valence electrons. The van der Waals surface area contributed by atoms with E-state index in [1.807, 2.05) is 32.9 Å². The predicted molar refractivity (Wildman–Crippen MR) is 142 cm³/mol. The highest BCUT2D eigenvalue weighted by atomic mass is 16.5. The van der Waals surface area contributed by atoms with Gasteiger partial charge in [-0.2, -0.15) is 0 Å². The SMILES string of the molecule is CC(=O)N[C@H](C)[C@@H](O)[C@@H](C)[C@@H]1OC(=O)C=CC=C(C)C=C[C@]2(C)CCC=C[C@@H]2C=C(C)C=C[C@H]1C. The number of rotatable bonds is 4. The lowest BCUT2D eigenvalue weighted by molar-refractivity contribution is -0.151. The second kappa shape index (κ2) is 12.9. The number of esters is 1. The molecule has 2 N–H and O–H groups in total. The lowest BCUT2D eigenvalue weighted by Gasteiger charge is -2.35. The van der Waals surface area contributed by atoms with E-state index in [1.54, 1.807) is 13.0 Å². The number of aliphatic hydroxyl groups excluding tert-OH is 1. The molecule has 2 rings (SSSR count). The van der Waals surface area contributed by atoms with E-state index in [0.717, 1.165) is 24.0 Å². The van der Waals surface area contributed by atoms with Gasteiger partial charge in [0.2, 0.25) is 5.91 Å². The van der Waals surface area contributed by atoms with Crippen LogP contribution in [0.25, 0.3) is 0 Å². The quantitative estimate of drug-likeness (QED) is 0.405. The van der Waals surface area contributed by atoms with Gasteiger partial charge in [0.25, 0.3) is 0 Å². The third kappa shape index (κ3) is 8.50. The van der Waals surface area contributed by atoms with Gasteiger partial charge in [-0.05, 0) is 39.0 Å². The molecule has 0 bridgehead atoms. The molecule has 0 aromatic carbocycles. The fourth-order valence-electron chi connectivity index (χ4n) is 4.79. The van der Waals surface area contributed by atoms with Crippen LogP contribution in [0.4, 0.5) is 0 Å². The molecular formula is C30H43NO4. The number of amides is 1. The Morgan fingerprint density at radius 1 is 1.17 bits per heavy atom. The van der Waals surface area contributed by atoms with E-state index in [9.17, 15) is 14.7 Å². The summed E-state index contributed by atoms with van der Waals surface area (Å²) in [6.45, 7) is 13.4. The summed E-state index contributed by atoms with van der Waals surface area (Å²) in [6.07, 6.45) is 21.1. The van der Waals surface area contributed by atoms with Gasteiger partial charge >= 0.3 is 5.97 Å². The first kappa shape index (κ1) is 28.6. The zero-order chi connectivity index (χ0) is 26.2. The second-order valence-electron chi connectivity index (χ2n) is 10.5. The van der Waals surface area contributed by atoms with Crippen LogP contribution in [-0.4, -0.2) is 35.2 Å². The molecule has 1 aliphatic heterocycles. The van der Waals surface area contributed by atoms with Crippen molar-refractivity contribution < 1.29 is 19.4 Å². The molecule has 5 nitrogen and oxygen atoms in total. The van der Waals surface area contributed by atoms with E-state index in [1.165, 1.54) is 13.0 Å². The number of hydrogen-bond acceptors (Lipinski definition) is 4. The summed E-state index contributed by atoms with van der Waals surface area (Å²) in [4.78, 5) is 24.1. The molecule has 35 heavy (non-hydrogen) atoms. The van der Waals surface area contributed by atoms with Crippen LogP contribution in [0.1, 0.15) is 61.3 Å². The number of fused-ring (bicyclic) bond motifs is 1. The number of carbonyl (C=O) groups excluding carboxylic acids is 2. The van der Waals surface area contributed by atoms with Crippen LogP contribution < -0.4 is 5.32 Å². The number of carbonyl (C=O) groups is 2. The van der Waals surface area contributed by atoms with Crippen molar-refractivity contribution in [3.63, 3.8) is 0 Å². The Hall–Kier alpha value is -2.66. The molecule has 0 aromatic rings. The monoisotopic (exact) mass is 481 g/mol. The van der Waals surface area contributed by atoms with Crippen LogP contribution >= 0.6 is 0 Å². The fourth-order valence-corrected chi connectivity index (χ4v) is 4.79. The first-order valence-electron chi connectivity index (χ1n) is 12.7. The summed E-state index contributed by atoms with van der Waals surface area (Å²) in [5.41, 5.74) is 2.21. The second-order valence-corrected chi connectivity index (χ2v) is 10.5. The van der Waals surface area contributed by atoms with Gasteiger partial charge in [-0.1, -0.05) is 86.6 Å². The van der Waals surface area contributed by atoms with Crippen molar-refractivity contribution in [3.05, 3.63) is 71.9 Å². The topological polar surface area (TPSA) is 75.6 Å². The van der Waals surface area contributed by atoms with Gasteiger partial charge in [0.1, 0.15) is 6.10 Å². The first-order chi connectivity index (χ1) is 16.4. The van der Waals surface area contributed by atoms with Gasteiger partial charge in [0.15, 0.2) is 0 Å². The standard InChI is InChI=1S/C30H43NO4/c1-20-11-10-13-27(33)35-29(23(4)28(34)24(5)31-25(6)32)22(3)15-14-21(2)19-26-12-8-9-17-30(26,7)18-16-20/h8,10-16,18-19,22-24,26,28-29,34H,9,17H2,1-7H3,(H,31,32)/t22-,23-,24-,26-,28+,29-,30+/m1/s1. The van der Waals surface area contributed by atoms with Crippen LogP contribution in [-0.2, 0) is 14.3 Å². The van der Waals surface area contributed by atoms with Gasteiger partial charge in [0.05, 0.1) is 12.1 Å². The summed E-state index contributed by atoms with van der Waals surface area (Å²) in [7, 11) is 0. The Morgan fingerprint density at radius 2 is 1.89 bits per heavy atom. The molecule has 0 radical (unpaired) electrons. The molecule has 5 heteroatoms. The van der Waals surface area contributed by atoms with Crippen molar-refractivity contribution in [1.82, 2.24) is 5.32 Å². The first-order valence-corrected chi connectivity index (χ1v) is 12.7. The van der Waals surface area contributed by atoms with Gasteiger partial charge in [0, 0.05) is 30.8 Å². The lowest BCUT2D eigenvalue weighted by Crippen LogP contribution is -2.48. The Morgan fingerprint density at radius 3 is 2.57 bits per heavy atom. The van der Waals surface area contributed by atoms with E-state index in [0.29, 0.717) is 0 Å². The smallest absolute Gasteiger partial charge is 0.331 e. The predicted octanol–water partition coefficient (Wildman–Crippen LogP) is 5.60. The van der Waals surface area contributed by atoms with Gasteiger partial charge in [-0.3, -0.25) is 4.79 Å². The summed E-state index contributed by atoms with van der Waals surface area (Å²) in [6, 6.07) is -0.469. The molecule has 1 amide bonds. The molecule has 0 saturated heterocycles. The summed E-state index contributed by atoms with van der Waals surface area (Å²) in [5, 5.41) is 13.6.